The van der Waals surface area contributed by atoms with Crippen LogP contribution in [0.1, 0.15) is 26.3 Å². The number of carboxylic acid groups (broad SMARTS) is 1. The molecule has 0 aliphatic carbocycles. The minimum atomic E-state index is -1.04. The summed E-state index contributed by atoms with van der Waals surface area (Å²) in [6, 6.07) is 20.6. The van der Waals surface area contributed by atoms with E-state index in [4.69, 9.17) is 16.3 Å². The van der Waals surface area contributed by atoms with E-state index in [0.717, 1.165) is 11.3 Å². The van der Waals surface area contributed by atoms with Crippen LogP contribution >= 0.6 is 11.6 Å². The second-order valence-corrected chi connectivity index (χ2v) is 9.43. The number of hydrogen-bond donors (Lipinski definition) is 3. The third kappa shape index (κ3) is 6.92. The van der Waals surface area contributed by atoms with Gasteiger partial charge in [0.25, 0.3) is 0 Å². The zero-order valence-electron chi connectivity index (χ0n) is 21.2. The first-order valence-corrected chi connectivity index (χ1v) is 11.9. The molecule has 0 heterocycles. The van der Waals surface area contributed by atoms with Crippen molar-refractivity contribution in [1.82, 2.24) is 0 Å². The molecule has 3 N–H and O–H groups in total. The van der Waals surface area contributed by atoms with Crippen molar-refractivity contribution in [3.63, 3.8) is 0 Å². The molecule has 2 amide bonds. The maximum absolute atomic E-state index is 12.8. The number of carbonyl (C=O) groups excluding carboxylic acids is 1. The zero-order valence-corrected chi connectivity index (χ0v) is 22.0. The normalized spacial score (nSPS) is 11.4. The van der Waals surface area contributed by atoms with Crippen LogP contribution in [0.15, 0.2) is 96.9 Å². The number of allylic oxidation sites excluding steroid dienone is 2. The predicted molar refractivity (Wildman–Crippen MR) is 150 cm³/mol. The lowest BCUT2D eigenvalue weighted by molar-refractivity contribution is -0.142. The number of rotatable bonds is 9. The first-order chi connectivity index (χ1) is 17.5. The highest BCUT2D eigenvalue weighted by atomic mass is 35.5. The molecule has 8 heteroatoms. The van der Waals surface area contributed by atoms with E-state index in [9.17, 15) is 14.7 Å². The van der Waals surface area contributed by atoms with Crippen LogP contribution in [0.25, 0.3) is 0 Å². The van der Waals surface area contributed by atoms with Gasteiger partial charge in [0.15, 0.2) is 5.75 Å². The van der Waals surface area contributed by atoms with Gasteiger partial charge in [-0.25, -0.2) is 4.79 Å². The van der Waals surface area contributed by atoms with Gasteiger partial charge in [-0.2, -0.15) is 0 Å². The molecule has 0 saturated heterocycles. The SMILES string of the molecule is C=C(C)/C=C(/Oc1ccccc1NC(=O)Nc1ccc(C(C)(C)C(=O)O)cc1)N(C)c1ccccc1Cl. The molecule has 37 heavy (non-hydrogen) atoms. The second-order valence-electron chi connectivity index (χ2n) is 9.02. The largest absolute Gasteiger partial charge is 0.481 e. The number of para-hydroxylation sites is 3. The summed E-state index contributed by atoms with van der Waals surface area (Å²) in [5.74, 6) is -0.0442. The number of ether oxygens (including phenoxy) is 1. The molecular weight excluding hydrogens is 490 g/mol. The molecule has 0 saturated carbocycles. The summed E-state index contributed by atoms with van der Waals surface area (Å²) in [4.78, 5) is 26.0. The zero-order chi connectivity index (χ0) is 27.2. The molecule has 3 aromatic rings. The Labute approximate surface area is 222 Å². The van der Waals surface area contributed by atoms with Crippen LogP contribution < -0.4 is 20.3 Å². The first-order valence-electron chi connectivity index (χ1n) is 11.5. The van der Waals surface area contributed by atoms with Crippen molar-refractivity contribution in [1.29, 1.82) is 0 Å². The predicted octanol–water partition coefficient (Wildman–Crippen LogP) is 7.28. The molecule has 7 nitrogen and oxygen atoms in total. The summed E-state index contributed by atoms with van der Waals surface area (Å²) in [6.07, 6.45) is 1.78. The van der Waals surface area contributed by atoms with Gasteiger partial charge in [0.1, 0.15) is 0 Å². The third-order valence-corrected chi connectivity index (χ3v) is 5.98. The molecule has 0 aliphatic rings. The summed E-state index contributed by atoms with van der Waals surface area (Å²) in [7, 11) is 1.83. The van der Waals surface area contributed by atoms with Crippen LogP contribution in [-0.2, 0) is 10.2 Å². The molecule has 3 aromatic carbocycles. The lowest BCUT2D eigenvalue weighted by Gasteiger charge is -2.25. The van der Waals surface area contributed by atoms with E-state index in [2.05, 4.69) is 17.2 Å². The minimum Gasteiger partial charge on any atom is -0.481 e. The smallest absolute Gasteiger partial charge is 0.323 e. The van der Waals surface area contributed by atoms with Crippen molar-refractivity contribution >= 4 is 40.7 Å². The molecule has 192 valence electrons. The van der Waals surface area contributed by atoms with Gasteiger partial charge in [-0.05, 0) is 62.7 Å². The fourth-order valence-electron chi connectivity index (χ4n) is 3.40. The summed E-state index contributed by atoms with van der Waals surface area (Å²) < 4.78 is 6.22. The van der Waals surface area contributed by atoms with E-state index in [0.29, 0.717) is 33.6 Å². The molecule has 0 aliphatic heterocycles. The fraction of sp³-hybridized carbons (Fsp3) is 0.172. The Balaban J connectivity index is 1.78. The number of nitrogens with zero attached hydrogens (tertiary/aromatic N) is 1. The monoisotopic (exact) mass is 519 g/mol. The van der Waals surface area contributed by atoms with E-state index in [1.165, 1.54) is 0 Å². The van der Waals surface area contributed by atoms with E-state index in [1.54, 1.807) is 79.4 Å². The van der Waals surface area contributed by atoms with Crippen molar-refractivity contribution in [2.75, 3.05) is 22.6 Å². The number of urea groups is 1. The van der Waals surface area contributed by atoms with Gasteiger partial charge in [-0.3, -0.25) is 4.79 Å². The Bertz CT molecular complexity index is 1330. The topological polar surface area (TPSA) is 90.9 Å². The van der Waals surface area contributed by atoms with E-state index >= 15 is 0 Å². The van der Waals surface area contributed by atoms with Crippen LogP contribution in [0.2, 0.25) is 5.02 Å². The van der Waals surface area contributed by atoms with Gasteiger partial charge in [0.05, 0.1) is 21.8 Å². The van der Waals surface area contributed by atoms with Gasteiger partial charge >= 0.3 is 12.0 Å². The van der Waals surface area contributed by atoms with Crippen molar-refractivity contribution in [3.05, 3.63) is 107 Å². The fourth-order valence-corrected chi connectivity index (χ4v) is 3.66. The number of nitrogens with one attached hydrogen (secondary N) is 2. The molecule has 0 unspecified atom stereocenters. The first kappa shape index (κ1) is 27.4. The minimum absolute atomic E-state index is 0.419. The maximum Gasteiger partial charge on any atom is 0.323 e. The van der Waals surface area contributed by atoms with E-state index in [-0.39, 0.29) is 0 Å². The second kappa shape index (κ2) is 11.7. The molecule has 0 radical (unpaired) electrons. The highest BCUT2D eigenvalue weighted by Gasteiger charge is 2.29. The maximum atomic E-state index is 12.8. The number of benzene rings is 3. The number of carboxylic acids is 1. The van der Waals surface area contributed by atoms with E-state index < -0.39 is 17.4 Å². The summed E-state index contributed by atoms with van der Waals surface area (Å²) >= 11 is 6.39. The van der Waals surface area contributed by atoms with Crippen LogP contribution in [0.3, 0.4) is 0 Å². The highest BCUT2D eigenvalue weighted by molar-refractivity contribution is 6.33. The van der Waals surface area contributed by atoms with Crippen molar-refractivity contribution in [2.24, 2.45) is 0 Å². The quantitative estimate of drug-likeness (QED) is 0.204. The number of hydrogen-bond acceptors (Lipinski definition) is 4. The Hall–Kier alpha value is -4.23. The van der Waals surface area contributed by atoms with E-state index in [1.807, 2.05) is 32.2 Å². The Morgan fingerprint density at radius 3 is 2.24 bits per heavy atom. The van der Waals surface area contributed by atoms with Crippen LogP contribution in [0.4, 0.5) is 21.9 Å². The summed E-state index contributed by atoms with van der Waals surface area (Å²) in [5.41, 5.74) is 2.07. The third-order valence-electron chi connectivity index (χ3n) is 5.66. The van der Waals surface area contributed by atoms with Gasteiger partial charge in [0.2, 0.25) is 5.88 Å². The van der Waals surface area contributed by atoms with Crippen LogP contribution in [-0.4, -0.2) is 24.2 Å². The number of carbonyl (C=O) groups is 2. The van der Waals surface area contributed by atoms with Crippen LogP contribution in [0, 0.1) is 0 Å². The molecule has 0 spiro atoms. The summed E-state index contributed by atoms with van der Waals surface area (Å²) in [6.45, 7) is 9.06. The van der Waals surface area contributed by atoms with Gasteiger partial charge in [0, 0.05) is 18.8 Å². The van der Waals surface area contributed by atoms with Crippen molar-refractivity contribution in [3.8, 4) is 5.75 Å². The van der Waals surface area contributed by atoms with Gasteiger partial charge in [-0.15, -0.1) is 0 Å². The van der Waals surface area contributed by atoms with Gasteiger partial charge in [-0.1, -0.05) is 60.2 Å². The molecule has 0 atom stereocenters. The average molecular weight is 520 g/mol. The number of anilines is 3. The van der Waals surface area contributed by atoms with Crippen LogP contribution in [0.5, 0.6) is 5.75 Å². The molecule has 0 aromatic heterocycles. The highest BCUT2D eigenvalue weighted by Crippen LogP contribution is 2.31. The average Bonchev–Trinajstić information content (AvgIpc) is 2.84. The summed E-state index contributed by atoms with van der Waals surface area (Å²) in [5, 5.41) is 15.5. The Kier molecular flexibility index (Phi) is 8.63. The van der Waals surface area contributed by atoms with Crippen molar-refractivity contribution in [2.45, 2.75) is 26.2 Å². The lowest BCUT2D eigenvalue weighted by Crippen LogP contribution is -2.28. The standard InChI is InChI=1S/C29H30ClN3O4/c1-19(2)18-26(33(5)24-12-8-6-10-22(24)30)37-25-13-9-7-11-23(25)32-28(36)31-21-16-14-20(15-17-21)29(3,4)27(34)35/h6-18H,1H2,2-5H3,(H,34,35)(H2,31,32,36)/b26-18+. The Morgan fingerprint density at radius 2 is 1.62 bits per heavy atom. The van der Waals surface area contributed by atoms with Crippen molar-refractivity contribution < 1.29 is 19.4 Å². The Morgan fingerprint density at radius 1 is 1.00 bits per heavy atom. The molecule has 0 fully saturated rings. The molecule has 0 bridgehead atoms. The lowest BCUT2D eigenvalue weighted by atomic mass is 9.85. The van der Waals surface area contributed by atoms with Gasteiger partial charge < -0.3 is 25.4 Å². The molecule has 3 rings (SSSR count). The number of aliphatic carboxylic acids is 1. The number of amides is 2. The number of halogens is 1. The molecular formula is C29H30ClN3O4.